The molecule has 1 amide bonds. The standard InChI is InChI=1S/C21H17F3N6O/c1-10-18-13(20(29(2)28-18)11-5-15(22)17(24)16(23)6-11)3-4-30(10)21(31)14-9-25-7-12-8-26-27-19(12)14/h5-10H,3-4H2,1-2H3,(H,26,27)/t10-/m0/s1. The number of halogens is 3. The highest BCUT2D eigenvalue weighted by Gasteiger charge is 2.34. The molecule has 158 valence electrons. The van der Waals surface area contributed by atoms with Crippen molar-refractivity contribution in [1.82, 2.24) is 29.9 Å². The third-order valence-electron chi connectivity index (χ3n) is 5.75. The van der Waals surface area contributed by atoms with Crippen molar-refractivity contribution in [1.29, 1.82) is 0 Å². The maximum atomic E-state index is 13.8. The molecule has 1 N–H and O–H groups in total. The number of hydrogen-bond donors (Lipinski definition) is 1. The average Bonchev–Trinajstić information content (AvgIpc) is 3.35. The van der Waals surface area contributed by atoms with Crippen molar-refractivity contribution in [3.8, 4) is 11.3 Å². The monoisotopic (exact) mass is 426 g/mol. The van der Waals surface area contributed by atoms with E-state index >= 15 is 0 Å². The van der Waals surface area contributed by atoms with Crippen LogP contribution in [0.15, 0.2) is 30.7 Å². The number of aryl methyl sites for hydroxylation is 1. The molecule has 3 aromatic heterocycles. The molecule has 0 unspecified atom stereocenters. The predicted molar refractivity (Wildman–Crippen MR) is 106 cm³/mol. The maximum Gasteiger partial charge on any atom is 0.258 e. The molecular weight excluding hydrogens is 409 g/mol. The Morgan fingerprint density at radius 3 is 2.65 bits per heavy atom. The Balaban J connectivity index is 1.54. The zero-order valence-electron chi connectivity index (χ0n) is 16.7. The zero-order chi connectivity index (χ0) is 21.9. The van der Waals surface area contributed by atoms with Gasteiger partial charge in [0.15, 0.2) is 17.5 Å². The number of rotatable bonds is 2. The summed E-state index contributed by atoms with van der Waals surface area (Å²) >= 11 is 0. The maximum absolute atomic E-state index is 13.8. The Morgan fingerprint density at radius 1 is 1.16 bits per heavy atom. The Kier molecular flexibility index (Phi) is 4.31. The lowest BCUT2D eigenvalue weighted by Crippen LogP contribution is -2.39. The predicted octanol–water partition coefficient (Wildman–Crippen LogP) is 3.54. The molecule has 1 aliphatic rings. The van der Waals surface area contributed by atoms with E-state index in [2.05, 4.69) is 20.3 Å². The summed E-state index contributed by atoms with van der Waals surface area (Å²) in [5.74, 6) is -4.24. The number of pyridine rings is 1. The molecule has 10 heteroatoms. The molecule has 7 nitrogen and oxygen atoms in total. The van der Waals surface area contributed by atoms with E-state index in [1.54, 1.807) is 24.3 Å². The van der Waals surface area contributed by atoms with Crippen molar-refractivity contribution < 1.29 is 18.0 Å². The second-order valence-electron chi connectivity index (χ2n) is 7.54. The Bertz CT molecular complexity index is 1320. The molecule has 0 spiro atoms. The molecule has 0 saturated carbocycles. The number of aromatic nitrogens is 5. The molecule has 0 fully saturated rings. The number of nitrogens with one attached hydrogen (secondary N) is 1. The van der Waals surface area contributed by atoms with Gasteiger partial charge in [0.2, 0.25) is 0 Å². The molecule has 1 atom stereocenters. The van der Waals surface area contributed by atoms with Gasteiger partial charge in [0.1, 0.15) is 0 Å². The fraction of sp³-hybridized carbons (Fsp3) is 0.238. The second kappa shape index (κ2) is 6.93. The summed E-state index contributed by atoms with van der Waals surface area (Å²) in [5, 5.41) is 12.1. The zero-order valence-corrected chi connectivity index (χ0v) is 16.7. The largest absolute Gasteiger partial charge is 0.330 e. The van der Waals surface area contributed by atoms with Crippen LogP contribution in [-0.4, -0.2) is 42.3 Å². The summed E-state index contributed by atoms with van der Waals surface area (Å²) in [6.45, 7) is 2.22. The molecule has 0 radical (unpaired) electrons. The highest BCUT2D eigenvalue weighted by molar-refractivity contribution is 6.05. The first-order valence-corrected chi connectivity index (χ1v) is 9.65. The lowest BCUT2D eigenvalue weighted by atomic mass is 9.95. The normalized spacial score (nSPS) is 16.0. The molecule has 4 heterocycles. The van der Waals surface area contributed by atoms with Crippen LogP contribution in [0.4, 0.5) is 13.2 Å². The molecule has 0 aliphatic carbocycles. The van der Waals surface area contributed by atoms with Gasteiger partial charge in [0, 0.05) is 42.5 Å². The quantitative estimate of drug-likeness (QED) is 0.498. The molecule has 1 aromatic carbocycles. The lowest BCUT2D eigenvalue weighted by Gasteiger charge is -2.33. The van der Waals surface area contributed by atoms with E-state index in [1.165, 1.54) is 10.9 Å². The number of benzene rings is 1. The Hall–Kier alpha value is -3.69. The molecule has 31 heavy (non-hydrogen) atoms. The van der Waals surface area contributed by atoms with Crippen LogP contribution < -0.4 is 0 Å². The van der Waals surface area contributed by atoms with E-state index in [1.807, 2.05) is 6.92 Å². The Morgan fingerprint density at radius 2 is 1.90 bits per heavy atom. The molecule has 1 aliphatic heterocycles. The summed E-state index contributed by atoms with van der Waals surface area (Å²) < 4.78 is 42.6. The summed E-state index contributed by atoms with van der Waals surface area (Å²) in [5.41, 5.74) is 3.13. The highest BCUT2D eigenvalue weighted by Crippen LogP contribution is 2.37. The van der Waals surface area contributed by atoms with E-state index in [0.717, 1.165) is 23.1 Å². The van der Waals surface area contributed by atoms with Crippen molar-refractivity contribution >= 4 is 16.8 Å². The van der Waals surface area contributed by atoms with E-state index in [9.17, 15) is 18.0 Å². The van der Waals surface area contributed by atoms with Crippen LogP contribution in [-0.2, 0) is 13.5 Å². The first-order valence-electron chi connectivity index (χ1n) is 9.65. The van der Waals surface area contributed by atoms with Crippen molar-refractivity contribution in [2.75, 3.05) is 6.54 Å². The van der Waals surface area contributed by atoms with Gasteiger partial charge < -0.3 is 4.90 Å². The van der Waals surface area contributed by atoms with Gasteiger partial charge in [-0.2, -0.15) is 10.2 Å². The summed E-state index contributed by atoms with van der Waals surface area (Å²) in [7, 11) is 1.65. The number of fused-ring (bicyclic) bond motifs is 2. The van der Waals surface area contributed by atoms with Crippen LogP contribution in [0.1, 0.15) is 34.6 Å². The minimum atomic E-state index is -1.51. The van der Waals surface area contributed by atoms with Gasteiger partial charge in [-0.15, -0.1) is 0 Å². The van der Waals surface area contributed by atoms with Crippen molar-refractivity contribution in [2.45, 2.75) is 19.4 Å². The summed E-state index contributed by atoms with van der Waals surface area (Å²) in [6.07, 6.45) is 5.16. The fourth-order valence-corrected chi connectivity index (χ4v) is 4.26. The number of aromatic amines is 1. The minimum absolute atomic E-state index is 0.200. The third-order valence-corrected chi connectivity index (χ3v) is 5.75. The van der Waals surface area contributed by atoms with Crippen LogP contribution >= 0.6 is 0 Å². The smallest absolute Gasteiger partial charge is 0.258 e. The van der Waals surface area contributed by atoms with Gasteiger partial charge in [-0.1, -0.05) is 0 Å². The number of H-pyrrole nitrogens is 1. The minimum Gasteiger partial charge on any atom is -0.330 e. The molecule has 5 rings (SSSR count). The SMILES string of the molecule is C[C@H]1c2nn(C)c(-c3cc(F)c(F)c(F)c3)c2CCN1C(=O)c1cncc2cn[nH]c12. The first-order chi connectivity index (χ1) is 14.9. The van der Waals surface area contributed by atoms with Gasteiger partial charge in [-0.25, -0.2) is 13.2 Å². The van der Waals surface area contributed by atoms with Gasteiger partial charge in [0.25, 0.3) is 5.91 Å². The molecule has 0 bridgehead atoms. The number of carbonyl (C=O) groups excluding carboxylic acids is 1. The van der Waals surface area contributed by atoms with Crippen molar-refractivity contribution in [3.05, 3.63) is 65.0 Å². The van der Waals surface area contributed by atoms with Gasteiger partial charge in [0.05, 0.1) is 34.7 Å². The van der Waals surface area contributed by atoms with E-state index in [4.69, 9.17) is 0 Å². The van der Waals surface area contributed by atoms with Crippen molar-refractivity contribution in [2.24, 2.45) is 7.05 Å². The lowest BCUT2D eigenvalue weighted by molar-refractivity contribution is 0.0675. The first kappa shape index (κ1) is 19.3. The number of carbonyl (C=O) groups is 1. The van der Waals surface area contributed by atoms with Gasteiger partial charge in [-0.05, 0) is 25.5 Å². The number of nitrogens with zero attached hydrogens (tertiary/aromatic N) is 5. The number of amides is 1. The molecular formula is C21H17F3N6O. The van der Waals surface area contributed by atoms with Gasteiger partial charge in [-0.3, -0.25) is 19.6 Å². The summed E-state index contributed by atoms with van der Waals surface area (Å²) in [6, 6.07) is 1.54. The van der Waals surface area contributed by atoms with E-state index in [-0.39, 0.29) is 17.5 Å². The van der Waals surface area contributed by atoms with Crippen LogP contribution in [0.2, 0.25) is 0 Å². The number of hydrogen-bond acceptors (Lipinski definition) is 4. The third kappa shape index (κ3) is 2.89. The average molecular weight is 426 g/mol. The molecule has 4 aromatic rings. The van der Waals surface area contributed by atoms with Crippen LogP contribution in [0.3, 0.4) is 0 Å². The summed E-state index contributed by atoms with van der Waals surface area (Å²) in [4.78, 5) is 19.1. The van der Waals surface area contributed by atoms with Crippen LogP contribution in [0.25, 0.3) is 22.2 Å². The Labute approximate surface area is 174 Å². The van der Waals surface area contributed by atoms with Crippen LogP contribution in [0, 0.1) is 17.5 Å². The van der Waals surface area contributed by atoms with E-state index < -0.39 is 17.5 Å². The second-order valence-corrected chi connectivity index (χ2v) is 7.54. The van der Waals surface area contributed by atoms with Crippen LogP contribution in [0.5, 0.6) is 0 Å². The van der Waals surface area contributed by atoms with E-state index in [0.29, 0.717) is 35.4 Å². The van der Waals surface area contributed by atoms with Gasteiger partial charge >= 0.3 is 0 Å². The molecule has 0 saturated heterocycles. The van der Waals surface area contributed by atoms with Crippen molar-refractivity contribution in [3.63, 3.8) is 0 Å². The highest BCUT2D eigenvalue weighted by atomic mass is 19.2. The fourth-order valence-electron chi connectivity index (χ4n) is 4.26. The topological polar surface area (TPSA) is 79.7 Å².